The van der Waals surface area contributed by atoms with Gasteiger partial charge in [0.25, 0.3) is 5.56 Å². The lowest BCUT2D eigenvalue weighted by molar-refractivity contribution is -0.113. The van der Waals surface area contributed by atoms with E-state index in [4.69, 9.17) is 24.0 Å². The molecule has 6 atom stereocenters. The molecule has 314 valence electrons. The second kappa shape index (κ2) is 15.4. The van der Waals surface area contributed by atoms with Gasteiger partial charge in [0.15, 0.2) is 11.8 Å². The summed E-state index contributed by atoms with van der Waals surface area (Å²) < 4.78 is 64.1. The van der Waals surface area contributed by atoms with Gasteiger partial charge in [-0.25, -0.2) is 23.3 Å². The van der Waals surface area contributed by atoms with Crippen LogP contribution in [-0.2, 0) is 46.7 Å². The predicted octanol–water partition coefficient (Wildman–Crippen LogP) is 1.21. The maximum Gasteiger partial charge on any atom is 0.490 e. The fraction of sp³-hybridized carbons (Fsp3) is 0.226. The number of nitrogens with zero attached hydrogens (tertiary/aromatic N) is 1. The number of nitrogens with one attached hydrogen (secondary N) is 2. The van der Waals surface area contributed by atoms with E-state index in [2.05, 4.69) is 18.5 Å². The number of carbonyl (C=O) groups excluding carboxylic acids is 2. The minimum absolute atomic E-state index is 0.0663. The number of rotatable bonds is 12. The Morgan fingerprint density at radius 1 is 0.864 bits per heavy atom. The highest BCUT2D eigenvalue weighted by atomic mass is 32.2. The number of phosphoric ester groups is 1. The number of phenols is 2. The molecule has 3 aromatic carbocycles. The Morgan fingerprint density at radius 2 is 1.49 bits per heavy atom. The van der Waals surface area contributed by atoms with Crippen molar-refractivity contribution in [3.63, 3.8) is 0 Å². The molecule has 4 aromatic rings. The number of benzene rings is 3. The molecule has 0 aliphatic carbocycles. The summed E-state index contributed by atoms with van der Waals surface area (Å²) in [5.41, 5.74) is -2.35. The largest absolute Gasteiger partial charge is 0.508 e. The zero-order valence-electron chi connectivity index (χ0n) is 29.1. The Balaban J connectivity index is 1.04. The molecule has 28 heteroatoms. The molecule has 1 saturated heterocycles. The fourth-order valence-electron chi connectivity index (χ4n) is 6.45. The summed E-state index contributed by atoms with van der Waals surface area (Å²) >= 11 is 0.622. The highest BCUT2D eigenvalue weighted by molar-refractivity contribution is 8.00. The Kier molecular flexibility index (Phi) is 11.1. The summed E-state index contributed by atoms with van der Waals surface area (Å²) in [6, 6.07) is 12.9. The molecule has 1 spiro atoms. The quantitative estimate of drug-likeness (QED) is 0.0542. The van der Waals surface area contributed by atoms with Crippen LogP contribution in [0.5, 0.6) is 23.0 Å². The van der Waals surface area contributed by atoms with Crippen molar-refractivity contribution < 1.29 is 90.6 Å². The van der Waals surface area contributed by atoms with Crippen molar-refractivity contribution in [2.24, 2.45) is 0 Å². The van der Waals surface area contributed by atoms with Crippen molar-refractivity contribution in [2.75, 3.05) is 17.7 Å². The first kappa shape index (κ1) is 42.4. The monoisotopic (exact) mass is 903 g/mol. The molecule has 1 aromatic heterocycles. The van der Waals surface area contributed by atoms with Gasteiger partial charge in [0.05, 0.1) is 22.8 Å². The van der Waals surface area contributed by atoms with E-state index in [0.29, 0.717) is 33.0 Å². The van der Waals surface area contributed by atoms with Gasteiger partial charge >= 0.3 is 35.1 Å². The maximum absolute atomic E-state index is 13.4. The van der Waals surface area contributed by atoms with Gasteiger partial charge in [0, 0.05) is 40.7 Å². The number of phosphoric acid groups is 3. The summed E-state index contributed by atoms with van der Waals surface area (Å²) in [5.74, 6) is -1.86. The number of H-pyrrole nitrogens is 1. The number of aromatic hydroxyl groups is 2. The standard InChI is InChI=1S/C31H28N3O21P3S/c35-14-2-5-18-20(8-14)51-21-9-15(36)3-6-19(21)31(18)17-4-1-13(7-16(17)29(41)53-31)32-24(37)12-59-23-10-34(30(42)33-27(23)40)28-26(39)25(38)22(52-28)11-50-57(46,47)55-58(48,49)54-56(43,44)45/h1-10,22,25-26,28,35-36,38-39H,11-12H2,(H,32,37)(H,46,47)(H,48,49)(H,33,40,42)(H2,43,44,45)/t22-,25-,26-,28-/m1/s1. The van der Waals surface area contributed by atoms with Crippen LogP contribution >= 0.6 is 35.2 Å². The van der Waals surface area contributed by atoms with Gasteiger partial charge in [-0.2, -0.15) is 8.62 Å². The Hall–Kier alpha value is -4.68. The molecule has 1 amide bonds. The van der Waals surface area contributed by atoms with Gasteiger partial charge in [-0.05, 0) is 36.4 Å². The van der Waals surface area contributed by atoms with Crippen LogP contribution in [0.4, 0.5) is 5.69 Å². The Labute approximate surface area is 332 Å². The van der Waals surface area contributed by atoms with Crippen molar-refractivity contribution in [3.8, 4) is 23.0 Å². The average molecular weight is 904 g/mol. The molecule has 3 aliphatic heterocycles. The van der Waals surface area contributed by atoms with E-state index >= 15 is 0 Å². The molecular weight excluding hydrogens is 875 g/mol. The van der Waals surface area contributed by atoms with Crippen LogP contribution in [0.25, 0.3) is 0 Å². The van der Waals surface area contributed by atoms with Gasteiger partial charge < -0.3 is 59.5 Å². The van der Waals surface area contributed by atoms with Crippen molar-refractivity contribution >= 4 is 52.8 Å². The number of aromatic amines is 1. The number of carbonyl (C=O) groups is 2. The molecule has 0 saturated carbocycles. The average Bonchev–Trinajstić information content (AvgIpc) is 3.56. The highest BCUT2D eigenvalue weighted by Gasteiger charge is 2.54. The lowest BCUT2D eigenvalue weighted by atomic mass is 9.77. The van der Waals surface area contributed by atoms with Gasteiger partial charge in [-0.1, -0.05) is 6.07 Å². The van der Waals surface area contributed by atoms with Crippen molar-refractivity contribution in [3.05, 3.63) is 104 Å². The fourth-order valence-corrected chi connectivity index (χ4v) is 10.2. The number of ether oxygens (including phenoxy) is 3. The predicted molar refractivity (Wildman–Crippen MR) is 194 cm³/mol. The van der Waals surface area contributed by atoms with E-state index in [1.165, 1.54) is 48.5 Å². The van der Waals surface area contributed by atoms with Crippen molar-refractivity contribution in [1.82, 2.24) is 9.55 Å². The van der Waals surface area contributed by atoms with E-state index in [9.17, 15) is 63.1 Å². The van der Waals surface area contributed by atoms with Gasteiger partial charge in [0.2, 0.25) is 5.91 Å². The summed E-state index contributed by atoms with van der Waals surface area (Å²) in [6.07, 6.45) is -6.60. The van der Waals surface area contributed by atoms with Crippen LogP contribution in [0.1, 0.15) is 33.3 Å². The molecule has 7 rings (SSSR count). The van der Waals surface area contributed by atoms with Crippen LogP contribution in [0, 0.1) is 0 Å². The number of fused-ring (bicyclic) bond motifs is 6. The summed E-state index contributed by atoms with van der Waals surface area (Å²) in [4.78, 5) is 89.9. The number of amides is 1. The Morgan fingerprint density at radius 3 is 2.12 bits per heavy atom. The number of phenolic OH excluding ortho intramolecular Hbond substituents is 2. The maximum atomic E-state index is 13.4. The van der Waals surface area contributed by atoms with Crippen LogP contribution < -0.4 is 21.3 Å². The molecule has 2 unspecified atom stereocenters. The van der Waals surface area contributed by atoms with Crippen LogP contribution in [0.2, 0.25) is 0 Å². The minimum Gasteiger partial charge on any atom is -0.508 e. The van der Waals surface area contributed by atoms with Crippen LogP contribution in [0.3, 0.4) is 0 Å². The summed E-state index contributed by atoms with van der Waals surface area (Å²) in [5, 5.41) is 43.9. The Bertz CT molecular complexity index is 2610. The number of aliphatic hydroxyl groups excluding tert-OH is 2. The molecule has 24 nitrogen and oxygen atoms in total. The van der Waals surface area contributed by atoms with Gasteiger partial charge in [0.1, 0.15) is 41.3 Å². The first-order chi connectivity index (χ1) is 27.6. The lowest BCUT2D eigenvalue weighted by Crippen LogP contribution is -2.38. The number of anilines is 1. The normalized spacial score (nSPS) is 22.3. The van der Waals surface area contributed by atoms with Gasteiger partial charge in [-0.15, -0.1) is 11.8 Å². The smallest absolute Gasteiger partial charge is 0.490 e. The third-order valence-electron chi connectivity index (χ3n) is 8.78. The van der Waals surface area contributed by atoms with Crippen molar-refractivity contribution in [1.29, 1.82) is 0 Å². The number of esters is 1. The second-order valence-electron chi connectivity index (χ2n) is 12.7. The molecule has 3 aliphatic rings. The second-order valence-corrected chi connectivity index (χ2v) is 18.2. The zero-order valence-corrected chi connectivity index (χ0v) is 32.6. The molecule has 10 N–H and O–H groups in total. The van der Waals surface area contributed by atoms with Crippen LogP contribution in [-0.4, -0.2) is 92.1 Å². The SMILES string of the molecule is O=C(CSc1cn([C@@H]2O[C@H](COP(=O)(O)OP(=O)(O)OP(=O)(O)O)[C@@H](O)[C@H]2O)c(=O)[nH]c1=O)Nc1ccc2c(c1)C(=O)OC21c2ccc(O)cc2Oc2cc(O)ccc21. The highest BCUT2D eigenvalue weighted by Crippen LogP contribution is 2.66. The first-order valence-electron chi connectivity index (χ1n) is 16.4. The third-order valence-corrected chi connectivity index (χ3v) is 13.6. The third kappa shape index (κ3) is 8.53. The molecular formula is C31H28N3O21P3S. The molecule has 59 heavy (non-hydrogen) atoms. The molecule has 0 radical (unpaired) electrons. The molecule has 0 bridgehead atoms. The lowest BCUT2D eigenvalue weighted by Gasteiger charge is -2.36. The molecule has 4 heterocycles. The van der Waals surface area contributed by atoms with Crippen molar-refractivity contribution in [2.45, 2.75) is 35.0 Å². The summed E-state index contributed by atoms with van der Waals surface area (Å²) in [7, 11) is -17.2. The van der Waals surface area contributed by atoms with E-state index in [1.54, 1.807) is 6.07 Å². The topological polar surface area (TPSA) is 369 Å². The summed E-state index contributed by atoms with van der Waals surface area (Å²) in [6.45, 7) is -1.18. The number of thioether (sulfide) groups is 1. The van der Waals surface area contributed by atoms with E-state index < -0.39 is 89.1 Å². The minimum atomic E-state index is -5.87. The number of aliphatic hydroxyl groups is 2. The zero-order chi connectivity index (χ0) is 42.8. The number of aromatic nitrogens is 2. The number of hydrogen-bond acceptors (Lipinski definition) is 18. The number of hydrogen-bond donors (Lipinski definition) is 10. The van der Waals surface area contributed by atoms with Crippen LogP contribution in [0.15, 0.2) is 75.3 Å². The van der Waals surface area contributed by atoms with E-state index in [-0.39, 0.29) is 39.1 Å². The van der Waals surface area contributed by atoms with E-state index in [1.807, 2.05) is 4.98 Å². The van der Waals surface area contributed by atoms with E-state index in [0.717, 1.165) is 6.20 Å². The molecule has 1 fully saturated rings. The first-order valence-corrected chi connectivity index (χ1v) is 21.9. The van der Waals surface area contributed by atoms with Gasteiger partial charge in [-0.3, -0.25) is 23.7 Å².